The molecule has 0 saturated carbocycles. The smallest absolute Gasteiger partial charge is 0.242 e. The largest absolute Gasteiger partial charge is 0.378 e. The number of rotatable bonds is 3. The Hall–Kier alpha value is -0.870. The zero-order valence-electron chi connectivity index (χ0n) is 10.5. The summed E-state index contributed by atoms with van der Waals surface area (Å²) in [6.45, 7) is 12.2. The predicted molar refractivity (Wildman–Crippen MR) is 64.3 cm³/mol. The van der Waals surface area contributed by atoms with Gasteiger partial charge in [0.15, 0.2) is 0 Å². The van der Waals surface area contributed by atoms with Gasteiger partial charge >= 0.3 is 0 Å². The van der Waals surface area contributed by atoms with Gasteiger partial charge in [-0.3, -0.25) is 4.79 Å². The molecule has 1 amide bonds. The van der Waals surface area contributed by atoms with Gasteiger partial charge in [-0.15, -0.1) is 6.58 Å². The van der Waals surface area contributed by atoms with E-state index < -0.39 is 0 Å². The molecule has 92 valence electrons. The number of amides is 1. The molecule has 1 aliphatic heterocycles. The van der Waals surface area contributed by atoms with Crippen LogP contribution in [0, 0.1) is 0 Å². The molecule has 1 N–H and O–H groups in total. The van der Waals surface area contributed by atoms with Gasteiger partial charge < -0.3 is 15.0 Å². The molecule has 16 heavy (non-hydrogen) atoms. The van der Waals surface area contributed by atoms with Crippen LogP contribution in [0.3, 0.4) is 0 Å². The maximum absolute atomic E-state index is 12.3. The van der Waals surface area contributed by atoms with Gasteiger partial charge in [0.05, 0.1) is 13.2 Å². The number of nitrogens with zero attached hydrogens (tertiary/aromatic N) is 1. The Labute approximate surface area is 97.6 Å². The van der Waals surface area contributed by atoms with Crippen molar-refractivity contribution in [2.75, 3.05) is 26.3 Å². The van der Waals surface area contributed by atoms with E-state index in [2.05, 4.69) is 11.9 Å². The van der Waals surface area contributed by atoms with Crippen LogP contribution >= 0.6 is 0 Å². The van der Waals surface area contributed by atoms with E-state index in [-0.39, 0.29) is 17.5 Å². The number of hydrogen-bond donors (Lipinski definition) is 1. The highest BCUT2D eigenvalue weighted by atomic mass is 16.5. The zero-order chi connectivity index (χ0) is 12.2. The summed E-state index contributed by atoms with van der Waals surface area (Å²) >= 11 is 0. The molecule has 4 heteroatoms. The first-order valence-corrected chi connectivity index (χ1v) is 5.70. The quantitative estimate of drug-likeness (QED) is 0.723. The van der Waals surface area contributed by atoms with E-state index >= 15 is 0 Å². The minimum absolute atomic E-state index is 0.0899. The Morgan fingerprint density at radius 3 is 2.75 bits per heavy atom. The molecule has 1 saturated heterocycles. The highest BCUT2D eigenvalue weighted by Gasteiger charge is 2.31. The molecule has 0 aromatic rings. The average molecular weight is 226 g/mol. The van der Waals surface area contributed by atoms with Crippen molar-refractivity contribution >= 4 is 5.91 Å². The first kappa shape index (κ1) is 13.2. The normalized spacial score (nSPS) is 21.6. The number of hydrogen-bond acceptors (Lipinski definition) is 3. The fraction of sp³-hybridized carbons (Fsp3) is 0.750. The Kier molecular flexibility index (Phi) is 4.50. The number of carbonyl (C=O) groups excluding carboxylic acids is 1. The second kappa shape index (κ2) is 5.46. The summed E-state index contributed by atoms with van der Waals surface area (Å²) in [6.07, 6.45) is 1.76. The number of carbonyl (C=O) groups is 1. The topological polar surface area (TPSA) is 41.6 Å². The molecular formula is C12H22N2O2. The van der Waals surface area contributed by atoms with Crippen molar-refractivity contribution in [2.45, 2.75) is 32.4 Å². The Balaban J connectivity index is 2.69. The molecule has 0 aromatic heterocycles. The van der Waals surface area contributed by atoms with E-state index in [0.29, 0.717) is 19.8 Å². The fourth-order valence-electron chi connectivity index (χ4n) is 1.74. The summed E-state index contributed by atoms with van der Waals surface area (Å²) in [5.41, 5.74) is -0.190. The maximum atomic E-state index is 12.3. The maximum Gasteiger partial charge on any atom is 0.242 e. The van der Waals surface area contributed by atoms with E-state index in [4.69, 9.17) is 4.74 Å². The lowest BCUT2D eigenvalue weighted by Gasteiger charge is -2.38. The number of morpholine rings is 1. The SMILES string of the molecule is C=CCN(C(=O)C1COCCN1)C(C)(C)C. The van der Waals surface area contributed by atoms with E-state index in [1.807, 2.05) is 25.7 Å². The molecule has 0 radical (unpaired) electrons. The predicted octanol–water partition coefficient (Wildman–Crippen LogP) is 0.788. The van der Waals surface area contributed by atoms with Crippen LogP contribution in [0.2, 0.25) is 0 Å². The van der Waals surface area contributed by atoms with Crippen LogP contribution < -0.4 is 5.32 Å². The molecule has 1 heterocycles. The van der Waals surface area contributed by atoms with Crippen LogP contribution in [0.4, 0.5) is 0 Å². The summed E-state index contributed by atoms with van der Waals surface area (Å²) in [6, 6.07) is -0.215. The zero-order valence-corrected chi connectivity index (χ0v) is 10.5. The standard InChI is InChI=1S/C12H22N2O2/c1-5-7-14(12(2,3)4)11(15)10-9-16-8-6-13-10/h5,10,13H,1,6-9H2,2-4H3. The van der Waals surface area contributed by atoms with E-state index in [1.165, 1.54) is 0 Å². The van der Waals surface area contributed by atoms with Gasteiger partial charge in [-0.25, -0.2) is 0 Å². The highest BCUT2D eigenvalue weighted by Crippen LogP contribution is 2.15. The van der Waals surface area contributed by atoms with Gasteiger partial charge in [-0.1, -0.05) is 6.08 Å². The Morgan fingerprint density at radius 2 is 2.31 bits per heavy atom. The summed E-state index contributed by atoms with van der Waals surface area (Å²) in [4.78, 5) is 14.1. The first-order chi connectivity index (χ1) is 7.46. The summed E-state index contributed by atoms with van der Waals surface area (Å²) in [5.74, 6) is 0.0899. The molecule has 1 aliphatic rings. The molecule has 1 unspecified atom stereocenters. The van der Waals surface area contributed by atoms with Crippen molar-refractivity contribution in [3.63, 3.8) is 0 Å². The van der Waals surface area contributed by atoms with Crippen molar-refractivity contribution in [3.05, 3.63) is 12.7 Å². The Morgan fingerprint density at radius 1 is 1.62 bits per heavy atom. The van der Waals surface area contributed by atoms with Gasteiger partial charge in [0.25, 0.3) is 0 Å². The molecular weight excluding hydrogens is 204 g/mol. The van der Waals surface area contributed by atoms with E-state index in [0.717, 1.165) is 6.54 Å². The molecule has 0 aromatic carbocycles. The van der Waals surface area contributed by atoms with Crippen molar-refractivity contribution in [2.24, 2.45) is 0 Å². The van der Waals surface area contributed by atoms with Gasteiger partial charge in [0, 0.05) is 18.6 Å². The highest BCUT2D eigenvalue weighted by molar-refractivity contribution is 5.83. The molecule has 1 fully saturated rings. The van der Waals surface area contributed by atoms with E-state index in [9.17, 15) is 4.79 Å². The third kappa shape index (κ3) is 3.32. The molecule has 0 spiro atoms. The van der Waals surface area contributed by atoms with Gasteiger partial charge in [-0.2, -0.15) is 0 Å². The second-order valence-electron chi connectivity index (χ2n) is 4.99. The summed E-state index contributed by atoms with van der Waals surface area (Å²) < 4.78 is 5.31. The van der Waals surface area contributed by atoms with Gasteiger partial charge in [-0.05, 0) is 20.8 Å². The monoisotopic (exact) mass is 226 g/mol. The minimum atomic E-state index is -0.215. The third-order valence-electron chi connectivity index (χ3n) is 2.61. The first-order valence-electron chi connectivity index (χ1n) is 5.70. The molecule has 0 aliphatic carbocycles. The molecule has 4 nitrogen and oxygen atoms in total. The summed E-state index contributed by atoms with van der Waals surface area (Å²) in [5, 5.41) is 3.18. The van der Waals surface area contributed by atoms with Crippen molar-refractivity contribution < 1.29 is 9.53 Å². The van der Waals surface area contributed by atoms with Crippen LogP contribution in [0.25, 0.3) is 0 Å². The fourth-order valence-corrected chi connectivity index (χ4v) is 1.74. The summed E-state index contributed by atoms with van der Waals surface area (Å²) in [7, 11) is 0. The molecule has 1 rings (SSSR count). The van der Waals surface area contributed by atoms with Crippen molar-refractivity contribution in [1.82, 2.24) is 10.2 Å². The lowest BCUT2D eigenvalue weighted by Crippen LogP contribution is -2.57. The van der Waals surface area contributed by atoms with Crippen molar-refractivity contribution in [1.29, 1.82) is 0 Å². The lowest BCUT2D eigenvalue weighted by molar-refractivity contribution is -0.140. The van der Waals surface area contributed by atoms with Crippen LogP contribution in [-0.4, -0.2) is 48.7 Å². The van der Waals surface area contributed by atoms with Crippen LogP contribution in [0.1, 0.15) is 20.8 Å². The van der Waals surface area contributed by atoms with Crippen LogP contribution in [-0.2, 0) is 9.53 Å². The van der Waals surface area contributed by atoms with Gasteiger partial charge in [0.2, 0.25) is 5.91 Å². The second-order valence-corrected chi connectivity index (χ2v) is 4.99. The minimum Gasteiger partial charge on any atom is -0.378 e. The van der Waals surface area contributed by atoms with Crippen LogP contribution in [0.5, 0.6) is 0 Å². The van der Waals surface area contributed by atoms with Gasteiger partial charge in [0.1, 0.15) is 6.04 Å². The Bertz CT molecular complexity index is 252. The van der Waals surface area contributed by atoms with Crippen LogP contribution in [0.15, 0.2) is 12.7 Å². The lowest BCUT2D eigenvalue weighted by atomic mass is 10.0. The van der Waals surface area contributed by atoms with E-state index in [1.54, 1.807) is 6.08 Å². The molecule has 1 atom stereocenters. The molecule has 0 bridgehead atoms. The average Bonchev–Trinajstić information content (AvgIpc) is 2.25. The van der Waals surface area contributed by atoms with Crippen molar-refractivity contribution in [3.8, 4) is 0 Å². The number of ether oxygens (including phenoxy) is 1. The third-order valence-corrected chi connectivity index (χ3v) is 2.61. The number of nitrogens with one attached hydrogen (secondary N) is 1.